The van der Waals surface area contributed by atoms with Crippen molar-refractivity contribution in [2.24, 2.45) is 4.99 Å². The van der Waals surface area contributed by atoms with Crippen molar-refractivity contribution < 1.29 is 4.74 Å². The van der Waals surface area contributed by atoms with Crippen LogP contribution in [0.25, 0.3) is 0 Å². The van der Waals surface area contributed by atoms with Gasteiger partial charge in [-0.25, -0.2) is 0 Å². The highest BCUT2D eigenvalue weighted by molar-refractivity contribution is 5.79. The Morgan fingerprint density at radius 3 is 2.91 bits per heavy atom. The lowest BCUT2D eigenvalue weighted by molar-refractivity contribution is 0.141. The Hall–Kier alpha value is -0.810. The van der Waals surface area contributed by atoms with Crippen LogP contribution in [0.4, 0.5) is 0 Å². The molecule has 0 bridgehead atoms. The Kier molecular flexibility index (Phi) is 10.2. The number of ether oxygens (including phenoxy) is 1. The summed E-state index contributed by atoms with van der Waals surface area (Å²) in [5.41, 5.74) is 0. The number of guanidine groups is 1. The van der Waals surface area contributed by atoms with Gasteiger partial charge in [0, 0.05) is 39.3 Å². The Bertz CT molecular complexity index is 309. The summed E-state index contributed by atoms with van der Waals surface area (Å²) in [5.74, 6) is 0.933. The maximum atomic E-state index is 5.20. The molecule has 5 heteroatoms. The van der Waals surface area contributed by atoms with Gasteiger partial charge in [-0.05, 0) is 32.7 Å². The van der Waals surface area contributed by atoms with Crippen LogP contribution in [-0.4, -0.2) is 63.3 Å². The predicted molar refractivity (Wildman–Crippen MR) is 94.6 cm³/mol. The van der Waals surface area contributed by atoms with Crippen LogP contribution < -0.4 is 10.6 Å². The molecule has 2 N–H and O–H groups in total. The molecule has 0 amide bonds. The van der Waals surface area contributed by atoms with E-state index in [9.17, 15) is 0 Å². The van der Waals surface area contributed by atoms with Gasteiger partial charge in [-0.15, -0.1) is 0 Å². The van der Waals surface area contributed by atoms with Crippen LogP contribution in [0.2, 0.25) is 0 Å². The summed E-state index contributed by atoms with van der Waals surface area (Å²) in [4.78, 5) is 6.88. The fourth-order valence-electron chi connectivity index (χ4n) is 3.04. The van der Waals surface area contributed by atoms with Crippen molar-refractivity contribution in [3.05, 3.63) is 0 Å². The topological polar surface area (TPSA) is 48.9 Å². The number of unbranched alkanes of at least 4 members (excludes halogenated alkanes) is 2. The minimum atomic E-state index is 0.478. The molecule has 1 fully saturated rings. The van der Waals surface area contributed by atoms with E-state index < -0.39 is 0 Å². The van der Waals surface area contributed by atoms with Crippen molar-refractivity contribution in [3.63, 3.8) is 0 Å². The molecule has 1 saturated heterocycles. The molecule has 2 unspecified atom stereocenters. The van der Waals surface area contributed by atoms with Gasteiger partial charge in [0.05, 0.1) is 6.61 Å². The zero-order chi connectivity index (χ0) is 16.2. The van der Waals surface area contributed by atoms with Crippen LogP contribution in [0.15, 0.2) is 4.99 Å². The number of likely N-dealkylation sites (tertiary alicyclic amines) is 1. The van der Waals surface area contributed by atoms with Crippen molar-refractivity contribution in [1.82, 2.24) is 15.5 Å². The minimum absolute atomic E-state index is 0.478. The second-order valence-electron chi connectivity index (χ2n) is 6.32. The van der Waals surface area contributed by atoms with E-state index >= 15 is 0 Å². The average Bonchev–Trinajstić information content (AvgIpc) is 2.97. The minimum Gasteiger partial charge on any atom is -0.383 e. The highest BCUT2D eigenvalue weighted by Gasteiger charge is 2.24. The number of nitrogens with zero attached hydrogens (tertiary/aromatic N) is 2. The van der Waals surface area contributed by atoms with E-state index in [1.54, 1.807) is 7.11 Å². The standard InChI is InChI=1S/C17H36N4O/c1-5-6-7-9-15(2)20-17(18-3)19-14-16-10-8-11-21(16)12-13-22-4/h15-16H,5-14H2,1-4H3,(H2,18,19,20). The molecule has 0 spiro atoms. The quantitative estimate of drug-likeness (QED) is 0.369. The number of methoxy groups -OCH3 is 1. The first kappa shape index (κ1) is 19.2. The van der Waals surface area contributed by atoms with Crippen molar-refractivity contribution in [2.45, 2.75) is 64.5 Å². The summed E-state index contributed by atoms with van der Waals surface area (Å²) < 4.78 is 5.20. The summed E-state index contributed by atoms with van der Waals surface area (Å²) in [7, 11) is 3.63. The summed E-state index contributed by atoms with van der Waals surface area (Å²) in [5, 5.41) is 7.00. The Labute approximate surface area is 136 Å². The highest BCUT2D eigenvalue weighted by atomic mass is 16.5. The average molecular weight is 313 g/mol. The molecule has 22 heavy (non-hydrogen) atoms. The summed E-state index contributed by atoms with van der Waals surface area (Å²) in [6.45, 7) is 8.49. The largest absolute Gasteiger partial charge is 0.383 e. The van der Waals surface area contributed by atoms with Gasteiger partial charge in [-0.3, -0.25) is 9.89 Å². The van der Waals surface area contributed by atoms with E-state index in [1.807, 2.05) is 7.05 Å². The molecule has 1 rings (SSSR count). The fourth-order valence-corrected chi connectivity index (χ4v) is 3.04. The first-order valence-corrected chi connectivity index (χ1v) is 8.91. The molecular weight excluding hydrogens is 276 g/mol. The molecular formula is C17H36N4O. The van der Waals surface area contributed by atoms with Crippen LogP contribution in [0, 0.1) is 0 Å². The molecule has 2 atom stereocenters. The number of hydrogen-bond acceptors (Lipinski definition) is 3. The third-order valence-electron chi connectivity index (χ3n) is 4.43. The first-order valence-electron chi connectivity index (χ1n) is 8.91. The van der Waals surface area contributed by atoms with Gasteiger partial charge in [0.25, 0.3) is 0 Å². The molecule has 0 radical (unpaired) electrons. The number of hydrogen-bond donors (Lipinski definition) is 2. The third-order valence-corrected chi connectivity index (χ3v) is 4.43. The second kappa shape index (κ2) is 11.7. The Morgan fingerprint density at radius 1 is 1.41 bits per heavy atom. The van der Waals surface area contributed by atoms with Crippen molar-refractivity contribution >= 4 is 5.96 Å². The third kappa shape index (κ3) is 7.45. The first-order chi connectivity index (χ1) is 10.7. The molecule has 0 aromatic carbocycles. The van der Waals surface area contributed by atoms with Crippen LogP contribution in [0.3, 0.4) is 0 Å². The summed E-state index contributed by atoms with van der Waals surface area (Å²) in [6, 6.07) is 1.08. The number of nitrogens with one attached hydrogen (secondary N) is 2. The van der Waals surface area contributed by atoms with Crippen LogP contribution in [-0.2, 0) is 4.74 Å². The normalized spacial score (nSPS) is 21.1. The van der Waals surface area contributed by atoms with Crippen molar-refractivity contribution in [2.75, 3.05) is 40.4 Å². The maximum Gasteiger partial charge on any atom is 0.191 e. The molecule has 1 aliphatic rings. The van der Waals surface area contributed by atoms with Crippen LogP contribution in [0.5, 0.6) is 0 Å². The lowest BCUT2D eigenvalue weighted by Gasteiger charge is -2.26. The fraction of sp³-hybridized carbons (Fsp3) is 0.941. The van der Waals surface area contributed by atoms with Gasteiger partial charge in [-0.2, -0.15) is 0 Å². The molecule has 130 valence electrons. The van der Waals surface area contributed by atoms with Crippen molar-refractivity contribution in [1.29, 1.82) is 0 Å². The molecule has 1 aliphatic heterocycles. The zero-order valence-electron chi connectivity index (χ0n) is 15.0. The smallest absolute Gasteiger partial charge is 0.191 e. The van der Waals surface area contributed by atoms with Gasteiger partial charge in [0.15, 0.2) is 5.96 Å². The van der Waals surface area contributed by atoms with Gasteiger partial charge in [-0.1, -0.05) is 26.2 Å². The lowest BCUT2D eigenvalue weighted by Crippen LogP contribution is -2.47. The SMILES string of the molecule is CCCCCC(C)NC(=NC)NCC1CCCN1CCOC. The summed E-state index contributed by atoms with van der Waals surface area (Å²) in [6.07, 6.45) is 7.63. The molecule has 0 aromatic rings. The number of rotatable bonds is 10. The van der Waals surface area contributed by atoms with Gasteiger partial charge in [0.1, 0.15) is 0 Å². The van der Waals surface area contributed by atoms with Crippen LogP contribution in [0.1, 0.15) is 52.4 Å². The second-order valence-corrected chi connectivity index (χ2v) is 6.32. The summed E-state index contributed by atoms with van der Waals surface area (Å²) >= 11 is 0. The van der Waals surface area contributed by atoms with Gasteiger partial charge in [0.2, 0.25) is 0 Å². The maximum absolute atomic E-state index is 5.20. The molecule has 0 aliphatic carbocycles. The molecule has 0 saturated carbocycles. The Balaban J connectivity index is 2.28. The van der Waals surface area contributed by atoms with E-state index in [1.165, 1.54) is 45.1 Å². The van der Waals surface area contributed by atoms with Gasteiger partial charge >= 0.3 is 0 Å². The van der Waals surface area contributed by atoms with E-state index in [4.69, 9.17) is 4.74 Å². The van der Waals surface area contributed by atoms with E-state index in [0.29, 0.717) is 12.1 Å². The van der Waals surface area contributed by atoms with E-state index in [2.05, 4.69) is 34.4 Å². The molecule has 5 nitrogen and oxygen atoms in total. The van der Waals surface area contributed by atoms with Crippen LogP contribution >= 0.6 is 0 Å². The highest BCUT2D eigenvalue weighted by Crippen LogP contribution is 2.15. The van der Waals surface area contributed by atoms with Crippen molar-refractivity contribution in [3.8, 4) is 0 Å². The molecule has 1 heterocycles. The zero-order valence-corrected chi connectivity index (χ0v) is 15.0. The molecule has 0 aromatic heterocycles. The van der Waals surface area contributed by atoms with E-state index in [0.717, 1.165) is 25.7 Å². The monoisotopic (exact) mass is 312 g/mol. The van der Waals surface area contributed by atoms with Gasteiger partial charge < -0.3 is 15.4 Å². The van der Waals surface area contributed by atoms with E-state index in [-0.39, 0.29) is 0 Å². The predicted octanol–water partition coefficient (Wildman–Crippen LogP) is 2.23. The Morgan fingerprint density at radius 2 is 2.23 bits per heavy atom. The lowest BCUT2D eigenvalue weighted by atomic mass is 10.1. The number of aliphatic imine (C=N–C) groups is 1.